The number of aliphatic hydroxyl groups excluding tert-OH is 2. The third-order valence-electron chi connectivity index (χ3n) is 5.91. The fourth-order valence-corrected chi connectivity index (χ4v) is 4.41. The van der Waals surface area contributed by atoms with Crippen LogP contribution in [0.5, 0.6) is 5.75 Å². The van der Waals surface area contributed by atoms with Gasteiger partial charge in [-0.05, 0) is 25.5 Å². The maximum atomic E-state index is 13.1. The predicted octanol–water partition coefficient (Wildman–Crippen LogP) is 1.22. The lowest BCUT2D eigenvalue weighted by Gasteiger charge is -2.41. The van der Waals surface area contributed by atoms with E-state index in [-0.39, 0.29) is 30.9 Å². The first kappa shape index (κ1) is 24.2. The Morgan fingerprint density at radius 2 is 2.03 bits per heavy atom. The van der Waals surface area contributed by atoms with E-state index in [2.05, 4.69) is 5.32 Å². The number of hydrogen-bond acceptors (Lipinski definition) is 6. The molecule has 0 saturated heterocycles. The molecule has 0 bridgehead atoms. The smallest absolute Gasteiger partial charge is 0.247 e. The standard InChI is InChI=1S/C24H34N2O6/c1-4-31-13-7-11-26(24(30)15(2)3)18-14-17(23(29)25-10-12-27)20-16-8-5-6-9-19(16)32-22(20)21(18)28/h5-6,8-9,14-15,18,20-22,27-28H,4,7,10-13H2,1-3H3,(H,25,29)/t18-,20+,21+,22+/m1/s1. The van der Waals surface area contributed by atoms with E-state index < -0.39 is 24.2 Å². The Hall–Kier alpha value is -2.42. The van der Waals surface area contributed by atoms with E-state index in [1.807, 2.05) is 45.0 Å². The lowest BCUT2D eigenvalue weighted by molar-refractivity contribution is -0.140. The summed E-state index contributed by atoms with van der Waals surface area (Å²) in [6, 6.07) is 6.71. The molecule has 1 aliphatic heterocycles. The second-order valence-electron chi connectivity index (χ2n) is 8.42. The summed E-state index contributed by atoms with van der Waals surface area (Å²) in [6.07, 6.45) is 0.624. The second-order valence-corrected chi connectivity index (χ2v) is 8.42. The number of nitrogens with one attached hydrogen (secondary N) is 1. The molecule has 176 valence electrons. The Morgan fingerprint density at radius 1 is 1.28 bits per heavy atom. The van der Waals surface area contributed by atoms with Gasteiger partial charge in [0.1, 0.15) is 18.0 Å². The first-order valence-electron chi connectivity index (χ1n) is 11.3. The SMILES string of the molecule is CCOCCCN(C(=O)C(C)C)[C@@H]1C=C(C(=O)NCCO)[C@@H]2c3ccccc3O[C@@H]2[C@H]1O. The third-order valence-corrected chi connectivity index (χ3v) is 5.91. The van der Waals surface area contributed by atoms with Crippen molar-refractivity contribution in [3.05, 3.63) is 41.5 Å². The summed E-state index contributed by atoms with van der Waals surface area (Å²) >= 11 is 0. The van der Waals surface area contributed by atoms with Crippen LogP contribution in [0.3, 0.4) is 0 Å². The molecule has 1 heterocycles. The van der Waals surface area contributed by atoms with E-state index in [0.29, 0.717) is 37.5 Å². The molecule has 2 amide bonds. The number of benzene rings is 1. The Kier molecular flexibility index (Phi) is 8.28. The molecule has 8 nitrogen and oxygen atoms in total. The van der Waals surface area contributed by atoms with E-state index in [1.165, 1.54) is 0 Å². The van der Waals surface area contributed by atoms with E-state index in [0.717, 1.165) is 5.56 Å². The lowest BCUT2D eigenvalue weighted by Crippen LogP contribution is -2.56. The van der Waals surface area contributed by atoms with Gasteiger partial charge in [0.2, 0.25) is 11.8 Å². The zero-order chi connectivity index (χ0) is 23.3. The minimum atomic E-state index is -1.00. The van der Waals surface area contributed by atoms with Crippen LogP contribution in [-0.2, 0) is 14.3 Å². The molecule has 0 spiro atoms. The number of ether oxygens (including phenoxy) is 2. The zero-order valence-corrected chi connectivity index (χ0v) is 19.0. The largest absolute Gasteiger partial charge is 0.486 e. The van der Waals surface area contributed by atoms with E-state index in [1.54, 1.807) is 11.0 Å². The van der Waals surface area contributed by atoms with Crippen molar-refractivity contribution in [2.45, 2.75) is 51.4 Å². The van der Waals surface area contributed by atoms with Gasteiger partial charge in [0.25, 0.3) is 0 Å². The van der Waals surface area contributed by atoms with Crippen LogP contribution in [0.4, 0.5) is 0 Å². The Balaban J connectivity index is 1.98. The third kappa shape index (κ3) is 4.98. The molecule has 0 aromatic heterocycles. The normalized spacial score (nSPS) is 23.8. The van der Waals surface area contributed by atoms with Crippen molar-refractivity contribution in [3.63, 3.8) is 0 Å². The quantitative estimate of drug-likeness (QED) is 0.467. The first-order valence-corrected chi connectivity index (χ1v) is 11.3. The maximum absolute atomic E-state index is 13.1. The lowest BCUT2D eigenvalue weighted by atomic mass is 9.77. The highest BCUT2D eigenvalue weighted by atomic mass is 16.5. The maximum Gasteiger partial charge on any atom is 0.247 e. The number of hydrogen-bond donors (Lipinski definition) is 3. The number of fused-ring (bicyclic) bond motifs is 3. The van der Waals surface area contributed by atoms with Crippen LogP contribution in [0.1, 0.15) is 38.7 Å². The van der Waals surface area contributed by atoms with Crippen molar-refractivity contribution in [2.75, 3.05) is 32.9 Å². The molecule has 4 atom stereocenters. The number of amides is 2. The van der Waals surface area contributed by atoms with Gasteiger partial charge >= 0.3 is 0 Å². The van der Waals surface area contributed by atoms with Crippen molar-refractivity contribution in [1.82, 2.24) is 10.2 Å². The van der Waals surface area contributed by atoms with Crippen LogP contribution in [-0.4, -0.2) is 78.1 Å². The zero-order valence-electron chi connectivity index (χ0n) is 19.0. The van der Waals surface area contributed by atoms with Gasteiger partial charge in [0.05, 0.1) is 18.6 Å². The fraction of sp³-hybridized carbons (Fsp3) is 0.583. The number of carbonyl (C=O) groups is 2. The average molecular weight is 447 g/mol. The Labute approximate surface area is 189 Å². The monoisotopic (exact) mass is 446 g/mol. The molecule has 3 rings (SSSR count). The molecule has 8 heteroatoms. The van der Waals surface area contributed by atoms with Crippen LogP contribution < -0.4 is 10.1 Å². The van der Waals surface area contributed by atoms with E-state index in [9.17, 15) is 14.7 Å². The molecule has 0 radical (unpaired) electrons. The van der Waals surface area contributed by atoms with Crippen LogP contribution in [0.15, 0.2) is 35.9 Å². The molecular weight excluding hydrogens is 412 g/mol. The summed E-state index contributed by atoms with van der Waals surface area (Å²) in [6.45, 7) is 6.97. The van der Waals surface area contributed by atoms with Crippen molar-refractivity contribution < 1.29 is 29.3 Å². The van der Waals surface area contributed by atoms with Crippen LogP contribution in [0.2, 0.25) is 0 Å². The van der Waals surface area contributed by atoms with Crippen LogP contribution in [0, 0.1) is 5.92 Å². The molecule has 1 aromatic carbocycles. The van der Waals surface area contributed by atoms with Crippen molar-refractivity contribution >= 4 is 11.8 Å². The van der Waals surface area contributed by atoms with Crippen LogP contribution >= 0.6 is 0 Å². The molecule has 1 aliphatic carbocycles. The molecule has 0 saturated carbocycles. The highest BCUT2D eigenvalue weighted by Gasteiger charge is 2.50. The molecule has 1 aromatic rings. The van der Waals surface area contributed by atoms with Crippen molar-refractivity contribution in [3.8, 4) is 5.75 Å². The molecular formula is C24H34N2O6. The van der Waals surface area contributed by atoms with Crippen molar-refractivity contribution in [2.24, 2.45) is 5.92 Å². The number of rotatable bonds is 10. The summed E-state index contributed by atoms with van der Waals surface area (Å²) < 4.78 is 11.5. The molecule has 32 heavy (non-hydrogen) atoms. The number of aliphatic hydroxyl groups is 2. The van der Waals surface area contributed by atoms with Gasteiger partial charge < -0.3 is 29.9 Å². The average Bonchev–Trinajstić information content (AvgIpc) is 3.18. The molecule has 3 N–H and O–H groups in total. The summed E-state index contributed by atoms with van der Waals surface area (Å²) in [7, 11) is 0. The highest BCUT2D eigenvalue weighted by molar-refractivity contribution is 5.96. The minimum Gasteiger partial charge on any atom is -0.486 e. The Bertz CT molecular complexity index is 840. The van der Waals surface area contributed by atoms with E-state index >= 15 is 0 Å². The summed E-state index contributed by atoms with van der Waals surface area (Å²) in [5.74, 6) is -0.533. The Morgan fingerprint density at radius 3 is 2.72 bits per heavy atom. The van der Waals surface area contributed by atoms with Gasteiger partial charge in [-0.2, -0.15) is 0 Å². The summed E-state index contributed by atoms with van der Waals surface area (Å²) in [4.78, 5) is 27.8. The second kappa shape index (κ2) is 10.9. The number of para-hydroxylation sites is 1. The van der Waals surface area contributed by atoms with Gasteiger partial charge in [-0.15, -0.1) is 0 Å². The highest BCUT2D eigenvalue weighted by Crippen LogP contribution is 2.47. The van der Waals surface area contributed by atoms with Crippen LogP contribution in [0.25, 0.3) is 0 Å². The minimum absolute atomic E-state index is 0.106. The van der Waals surface area contributed by atoms with Crippen molar-refractivity contribution in [1.29, 1.82) is 0 Å². The molecule has 0 fully saturated rings. The van der Waals surface area contributed by atoms with Gasteiger partial charge in [-0.25, -0.2) is 0 Å². The predicted molar refractivity (Wildman–Crippen MR) is 119 cm³/mol. The molecule has 2 aliphatic rings. The van der Waals surface area contributed by atoms with E-state index in [4.69, 9.17) is 14.6 Å². The molecule has 0 unspecified atom stereocenters. The first-order chi connectivity index (χ1) is 15.4. The number of nitrogens with zero attached hydrogens (tertiary/aromatic N) is 1. The topological polar surface area (TPSA) is 108 Å². The summed E-state index contributed by atoms with van der Waals surface area (Å²) in [5.41, 5.74) is 1.27. The van der Waals surface area contributed by atoms with Gasteiger partial charge in [-0.1, -0.05) is 32.0 Å². The van der Waals surface area contributed by atoms with Gasteiger partial charge in [0, 0.05) is 43.4 Å². The fourth-order valence-electron chi connectivity index (χ4n) is 4.41. The summed E-state index contributed by atoms with van der Waals surface area (Å²) in [5, 5.41) is 23.2. The number of carbonyl (C=O) groups excluding carboxylic acids is 2. The van der Waals surface area contributed by atoms with Gasteiger partial charge in [0.15, 0.2) is 0 Å². The van der Waals surface area contributed by atoms with Gasteiger partial charge in [-0.3, -0.25) is 9.59 Å².